The number of carboxylic acid groups (broad SMARTS) is 1. The molecular formula is C21H28O3. The van der Waals surface area contributed by atoms with E-state index in [1.54, 1.807) is 7.11 Å². The number of benzene rings is 2. The minimum atomic E-state index is -0.833. The molecule has 0 heterocycles. The monoisotopic (exact) mass is 328 g/mol. The van der Waals surface area contributed by atoms with E-state index >= 15 is 0 Å². The van der Waals surface area contributed by atoms with Crippen LogP contribution in [-0.4, -0.2) is 18.2 Å². The summed E-state index contributed by atoms with van der Waals surface area (Å²) in [5.41, 5.74) is 4.36. The first-order valence-corrected chi connectivity index (χ1v) is 8.53. The third-order valence-electron chi connectivity index (χ3n) is 3.87. The zero-order chi connectivity index (χ0) is 17.9. The molecule has 0 aromatic heterocycles. The summed E-state index contributed by atoms with van der Waals surface area (Å²) < 4.78 is 5.36. The first-order chi connectivity index (χ1) is 11.6. The van der Waals surface area contributed by atoms with Crippen molar-refractivity contribution in [2.24, 2.45) is 0 Å². The van der Waals surface area contributed by atoms with Gasteiger partial charge in [0.1, 0.15) is 5.75 Å². The number of hydrogen-bond acceptors (Lipinski definition) is 2. The van der Waals surface area contributed by atoms with Crippen molar-refractivity contribution in [3.63, 3.8) is 0 Å². The summed E-state index contributed by atoms with van der Waals surface area (Å²) in [6.07, 6.45) is 3.71. The molecule has 1 atom stereocenters. The van der Waals surface area contributed by atoms with E-state index in [2.05, 4.69) is 48.5 Å². The van der Waals surface area contributed by atoms with Gasteiger partial charge in [-0.1, -0.05) is 50.2 Å². The first-order valence-electron chi connectivity index (χ1n) is 8.53. The van der Waals surface area contributed by atoms with E-state index in [0.717, 1.165) is 12.7 Å². The smallest absolute Gasteiger partial charge is 0.300 e. The molecule has 3 heteroatoms. The second-order valence-electron chi connectivity index (χ2n) is 5.44. The highest BCUT2D eigenvalue weighted by Crippen LogP contribution is 2.38. The fourth-order valence-electron chi connectivity index (χ4n) is 2.94. The van der Waals surface area contributed by atoms with E-state index in [-0.39, 0.29) is 0 Å². The molecule has 0 fully saturated rings. The quantitative estimate of drug-likeness (QED) is 0.815. The molecule has 130 valence electrons. The number of aliphatic carboxylic acids is 1. The van der Waals surface area contributed by atoms with Gasteiger partial charge in [0.15, 0.2) is 0 Å². The number of carboxylic acids is 1. The summed E-state index contributed by atoms with van der Waals surface area (Å²) in [6, 6.07) is 17.3. The van der Waals surface area contributed by atoms with Crippen molar-refractivity contribution in [1.82, 2.24) is 0 Å². The Hall–Kier alpha value is -2.29. The second-order valence-corrected chi connectivity index (χ2v) is 5.44. The third kappa shape index (κ3) is 5.73. The summed E-state index contributed by atoms with van der Waals surface area (Å²) in [7, 11) is 1.74. The number of methoxy groups -OCH3 is 1. The zero-order valence-electron chi connectivity index (χ0n) is 15.1. The summed E-state index contributed by atoms with van der Waals surface area (Å²) in [5.74, 6) is 0.668. The maximum atomic E-state index is 9.00. The predicted molar refractivity (Wildman–Crippen MR) is 98.9 cm³/mol. The number of rotatable bonds is 2. The fourth-order valence-corrected chi connectivity index (χ4v) is 2.94. The highest BCUT2D eigenvalue weighted by atomic mass is 16.5. The maximum Gasteiger partial charge on any atom is 0.300 e. The molecule has 24 heavy (non-hydrogen) atoms. The van der Waals surface area contributed by atoms with Crippen LogP contribution in [0.1, 0.15) is 56.2 Å². The minimum absolute atomic E-state index is 0.532. The van der Waals surface area contributed by atoms with Crippen molar-refractivity contribution in [2.45, 2.75) is 46.0 Å². The van der Waals surface area contributed by atoms with Gasteiger partial charge in [0.25, 0.3) is 5.97 Å². The van der Waals surface area contributed by atoms with Crippen molar-refractivity contribution < 1.29 is 14.6 Å². The van der Waals surface area contributed by atoms with Crippen molar-refractivity contribution in [2.75, 3.05) is 7.11 Å². The SMILES string of the molecule is CC.CC(=O)O.COc1ccc2c(c1)C(c1ccccc1)CCC2. The van der Waals surface area contributed by atoms with Crippen LogP contribution in [-0.2, 0) is 11.2 Å². The zero-order valence-corrected chi connectivity index (χ0v) is 15.1. The lowest BCUT2D eigenvalue weighted by Crippen LogP contribution is -2.11. The van der Waals surface area contributed by atoms with Gasteiger partial charge in [0.05, 0.1) is 7.11 Å². The van der Waals surface area contributed by atoms with E-state index in [1.807, 2.05) is 13.8 Å². The maximum absolute atomic E-state index is 9.00. The Morgan fingerprint density at radius 1 is 1.12 bits per heavy atom. The molecule has 0 saturated heterocycles. The topological polar surface area (TPSA) is 46.5 Å². The van der Waals surface area contributed by atoms with Crippen LogP contribution in [0.4, 0.5) is 0 Å². The Morgan fingerprint density at radius 2 is 1.75 bits per heavy atom. The van der Waals surface area contributed by atoms with Crippen LogP contribution in [0.15, 0.2) is 48.5 Å². The molecule has 3 rings (SSSR count). The molecule has 2 aromatic carbocycles. The van der Waals surface area contributed by atoms with Crippen molar-refractivity contribution in [1.29, 1.82) is 0 Å². The van der Waals surface area contributed by atoms with Crippen LogP contribution in [0.2, 0.25) is 0 Å². The van der Waals surface area contributed by atoms with Crippen LogP contribution in [0.3, 0.4) is 0 Å². The van der Waals surface area contributed by atoms with Gasteiger partial charge in [-0.05, 0) is 48.1 Å². The van der Waals surface area contributed by atoms with Gasteiger partial charge in [-0.2, -0.15) is 0 Å². The molecule has 2 aromatic rings. The molecule has 3 nitrogen and oxygen atoms in total. The van der Waals surface area contributed by atoms with E-state index in [4.69, 9.17) is 14.6 Å². The van der Waals surface area contributed by atoms with E-state index in [0.29, 0.717) is 5.92 Å². The Morgan fingerprint density at radius 3 is 2.33 bits per heavy atom. The molecule has 0 radical (unpaired) electrons. The highest BCUT2D eigenvalue weighted by molar-refractivity contribution is 5.62. The van der Waals surface area contributed by atoms with Crippen LogP contribution >= 0.6 is 0 Å². The first kappa shape index (κ1) is 19.8. The van der Waals surface area contributed by atoms with E-state index in [9.17, 15) is 0 Å². The van der Waals surface area contributed by atoms with Crippen LogP contribution in [0.5, 0.6) is 5.75 Å². The van der Waals surface area contributed by atoms with Crippen molar-refractivity contribution >= 4 is 5.97 Å². The summed E-state index contributed by atoms with van der Waals surface area (Å²) in [5, 5.41) is 7.42. The fraction of sp³-hybridized carbons (Fsp3) is 0.381. The normalized spacial score (nSPS) is 14.9. The molecule has 1 unspecified atom stereocenters. The van der Waals surface area contributed by atoms with Crippen LogP contribution < -0.4 is 4.74 Å². The standard InChI is InChI=1S/C17H18O.C2H4O2.C2H6/c1-18-15-11-10-14-8-5-9-16(17(14)12-15)13-6-3-2-4-7-13;1-2(3)4;1-2/h2-4,6-7,10-12,16H,5,8-9H2,1H3;1H3,(H,3,4);1-2H3. The van der Waals surface area contributed by atoms with Crippen LogP contribution in [0.25, 0.3) is 0 Å². The molecule has 0 amide bonds. The Bertz CT molecular complexity index is 616. The lowest BCUT2D eigenvalue weighted by atomic mass is 9.79. The Labute approximate surface area is 145 Å². The average molecular weight is 328 g/mol. The van der Waals surface area contributed by atoms with Crippen molar-refractivity contribution in [3.8, 4) is 5.75 Å². The number of carbonyl (C=O) groups is 1. The average Bonchev–Trinajstić information content (AvgIpc) is 2.62. The summed E-state index contributed by atoms with van der Waals surface area (Å²) in [6.45, 7) is 5.08. The van der Waals surface area contributed by atoms with Gasteiger partial charge in [-0.25, -0.2) is 0 Å². The van der Waals surface area contributed by atoms with Gasteiger partial charge in [0.2, 0.25) is 0 Å². The summed E-state index contributed by atoms with van der Waals surface area (Å²) >= 11 is 0. The number of ether oxygens (including phenoxy) is 1. The molecule has 0 saturated carbocycles. The highest BCUT2D eigenvalue weighted by Gasteiger charge is 2.21. The molecular weight excluding hydrogens is 300 g/mol. The van der Waals surface area contributed by atoms with Gasteiger partial charge < -0.3 is 9.84 Å². The van der Waals surface area contributed by atoms with Gasteiger partial charge >= 0.3 is 0 Å². The van der Waals surface area contributed by atoms with Crippen LogP contribution in [0, 0.1) is 0 Å². The van der Waals surface area contributed by atoms with E-state index in [1.165, 1.54) is 36.0 Å². The number of fused-ring (bicyclic) bond motifs is 1. The van der Waals surface area contributed by atoms with Gasteiger partial charge in [-0.15, -0.1) is 0 Å². The van der Waals surface area contributed by atoms with E-state index < -0.39 is 5.97 Å². The summed E-state index contributed by atoms with van der Waals surface area (Å²) in [4.78, 5) is 9.00. The second kappa shape index (κ2) is 10.5. The Balaban J connectivity index is 0.000000423. The third-order valence-corrected chi connectivity index (χ3v) is 3.87. The molecule has 1 aliphatic carbocycles. The predicted octanol–water partition coefficient (Wildman–Crippen LogP) is 5.28. The number of aryl methyl sites for hydroxylation is 1. The molecule has 0 spiro atoms. The van der Waals surface area contributed by atoms with Crippen molar-refractivity contribution in [3.05, 3.63) is 65.2 Å². The lowest BCUT2D eigenvalue weighted by molar-refractivity contribution is -0.134. The largest absolute Gasteiger partial charge is 0.497 e. The number of hydrogen-bond donors (Lipinski definition) is 1. The molecule has 0 bridgehead atoms. The van der Waals surface area contributed by atoms with Gasteiger partial charge in [0, 0.05) is 12.8 Å². The molecule has 1 aliphatic rings. The lowest BCUT2D eigenvalue weighted by Gasteiger charge is -2.26. The minimum Gasteiger partial charge on any atom is -0.497 e. The molecule has 0 aliphatic heterocycles. The Kier molecular flexibility index (Phi) is 8.63. The van der Waals surface area contributed by atoms with Gasteiger partial charge in [-0.3, -0.25) is 4.79 Å². The molecule has 1 N–H and O–H groups in total.